The number of ether oxygens (including phenoxy) is 4. The molecule has 0 unspecified atom stereocenters. The minimum absolute atomic E-state index is 0.395. The van der Waals surface area contributed by atoms with Gasteiger partial charge in [-0.2, -0.15) is 0 Å². The summed E-state index contributed by atoms with van der Waals surface area (Å²) in [6.45, 7) is 0. The van der Waals surface area contributed by atoms with E-state index in [0.29, 0.717) is 23.1 Å². The summed E-state index contributed by atoms with van der Waals surface area (Å²) in [5.74, 6) is 3.85. The Hall–Kier alpha value is -3.21. The Bertz CT molecular complexity index is 720. The molecular formula is C19H16NO4. The largest absolute Gasteiger partial charge is 0.497 e. The number of pyridine rings is 1. The molecular weight excluding hydrogens is 306 g/mol. The van der Waals surface area contributed by atoms with E-state index in [2.05, 4.69) is 11.2 Å². The molecule has 0 amide bonds. The maximum atomic E-state index is 5.77. The number of rotatable bonds is 6. The second-order valence-corrected chi connectivity index (χ2v) is 4.83. The molecule has 0 spiro atoms. The van der Waals surface area contributed by atoms with E-state index in [1.165, 1.54) is 0 Å². The van der Waals surface area contributed by atoms with Gasteiger partial charge in [-0.1, -0.05) is 0 Å². The molecule has 0 bridgehead atoms. The van der Waals surface area contributed by atoms with E-state index in [1.807, 2.05) is 36.4 Å². The molecule has 2 aromatic carbocycles. The van der Waals surface area contributed by atoms with Gasteiger partial charge in [0, 0.05) is 12.1 Å². The lowest BCUT2D eigenvalue weighted by Crippen LogP contribution is -1.91. The van der Waals surface area contributed by atoms with E-state index >= 15 is 0 Å². The minimum Gasteiger partial charge on any atom is -0.497 e. The third-order valence-electron chi connectivity index (χ3n) is 3.22. The first kappa shape index (κ1) is 15.7. The van der Waals surface area contributed by atoms with Crippen molar-refractivity contribution in [1.82, 2.24) is 4.98 Å². The summed E-state index contributed by atoms with van der Waals surface area (Å²) in [6.07, 6.45) is 2.77. The molecule has 3 aromatic rings. The van der Waals surface area contributed by atoms with E-state index in [0.717, 1.165) is 11.5 Å². The Morgan fingerprint density at radius 1 is 0.667 bits per heavy atom. The van der Waals surface area contributed by atoms with E-state index in [9.17, 15) is 0 Å². The van der Waals surface area contributed by atoms with Crippen LogP contribution < -0.4 is 18.9 Å². The lowest BCUT2D eigenvalue weighted by Gasteiger charge is -2.09. The van der Waals surface area contributed by atoms with Crippen LogP contribution in [-0.2, 0) is 0 Å². The van der Waals surface area contributed by atoms with Crippen LogP contribution in [0.15, 0.2) is 60.7 Å². The summed E-state index contributed by atoms with van der Waals surface area (Å²) in [4.78, 5) is 4.07. The molecule has 1 radical (unpaired) electrons. The van der Waals surface area contributed by atoms with Crippen LogP contribution in [0.2, 0.25) is 0 Å². The second kappa shape index (κ2) is 7.37. The number of hydrogen-bond donors (Lipinski definition) is 0. The first-order valence-corrected chi connectivity index (χ1v) is 7.29. The van der Waals surface area contributed by atoms with Crippen LogP contribution in [0.4, 0.5) is 0 Å². The Morgan fingerprint density at radius 3 is 1.71 bits per heavy atom. The van der Waals surface area contributed by atoms with Gasteiger partial charge in [-0.05, 0) is 48.5 Å². The molecule has 3 rings (SSSR count). The molecule has 0 saturated heterocycles. The standard InChI is InChI=1S/C19H16NO4/c1-21-14-3-7-16(8-4-14)23-18-11-12-20-19(13-18)24-17-9-5-15(22-2)6-10-17/h3-11,13H,1-2H3. The zero-order valence-corrected chi connectivity index (χ0v) is 13.4. The van der Waals surface area contributed by atoms with Crippen molar-refractivity contribution in [1.29, 1.82) is 0 Å². The van der Waals surface area contributed by atoms with Gasteiger partial charge in [0.2, 0.25) is 5.88 Å². The van der Waals surface area contributed by atoms with Gasteiger partial charge >= 0.3 is 0 Å². The maximum Gasteiger partial charge on any atom is 0.223 e. The molecule has 0 atom stereocenters. The van der Waals surface area contributed by atoms with Crippen molar-refractivity contribution >= 4 is 0 Å². The van der Waals surface area contributed by atoms with E-state index < -0.39 is 0 Å². The summed E-state index contributed by atoms with van der Waals surface area (Å²) in [5, 5.41) is 0. The first-order chi connectivity index (χ1) is 11.8. The summed E-state index contributed by atoms with van der Waals surface area (Å²) < 4.78 is 21.7. The van der Waals surface area contributed by atoms with Gasteiger partial charge in [0.15, 0.2) is 0 Å². The average Bonchev–Trinajstić information content (AvgIpc) is 2.63. The van der Waals surface area contributed by atoms with Crippen molar-refractivity contribution in [2.45, 2.75) is 0 Å². The normalized spacial score (nSPS) is 10.1. The summed E-state index contributed by atoms with van der Waals surface area (Å²) in [7, 11) is 3.24. The number of hydrogen-bond acceptors (Lipinski definition) is 5. The minimum atomic E-state index is 0.395. The zero-order chi connectivity index (χ0) is 16.8. The van der Waals surface area contributed by atoms with Crippen molar-refractivity contribution < 1.29 is 18.9 Å². The predicted molar refractivity (Wildman–Crippen MR) is 89.2 cm³/mol. The smallest absolute Gasteiger partial charge is 0.223 e. The summed E-state index contributed by atoms with van der Waals surface area (Å²) >= 11 is 0. The quantitative estimate of drug-likeness (QED) is 0.669. The lowest BCUT2D eigenvalue weighted by atomic mass is 10.3. The van der Waals surface area contributed by atoms with Gasteiger partial charge in [0.05, 0.1) is 20.4 Å². The predicted octanol–water partition coefficient (Wildman–Crippen LogP) is 4.48. The van der Waals surface area contributed by atoms with E-state index in [1.54, 1.807) is 38.5 Å². The van der Waals surface area contributed by atoms with E-state index in [-0.39, 0.29) is 0 Å². The molecule has 0 N–H and O–H groups in total. The van der Waals surface area contributed by atoms with Crippen molar-refractivity contribution in [3.05, 3.63) is 66.9 Å². The maximum absolute atomic E-state index is 5.77. The Balaban J connectivity index is 1.70. The number of nitrogens with zero attached hydrogens (tertiary/aromatic N) is 1. The Kier molecular flexibility index (Phi) is 4.81. The molecule has 0 aliphatic heterocycles. The highest BCUT2D eigenvalue weighted by Crippen LogP contribution is 2.28. The molecule has 24 heavy (non-hydrogen) atoms. The lowest BCUT2D eigenvalue weighted by molar-refractivity contribution is 0.411. The summed E-state index contributed by atoms with van der Waals surface area (Å²) in [5.41, 5.74) is 0. The molecule has 1 heterocycles. The van der Waals surface area contributed by atoms with Crippen LogP contribution in [0.1, 0.15) is 0 Å². The van der Waals surface area contributed by atoms with Gasteiger partial charge in [-0.25, -0.2) is 4.98 Å². The van der Waals surface area contributed by atoms with Gasteiger partial charge in [0.25, 0.3) is 0 Å². The third-order valence-corrected chi connectivity index (χ3v) is 3.22. The molecule has 5 nitrogen and oxygen atoms in total. The Labute approximate surface area is 140 Å². The molecule has 0 aliphatic carbocycles. The molecule has 121 valence electrons. The van der Waals surface area contributed by atoms with Gasteiger partial charge in [-0.15, -0.1) is 0 Å². The Morgan fingerprint density at radius 2 is 1.17 bits per heavy atom. The molecule has 5 heteroatoms. The second-order valence-electron chi connectivity index (χ2n) is 4.83. The highest BCUT2D eigenvalue weighted by atomic mass is 16.5. The van der Waals surface area contributed by atoms with Crippen molar-refractivity contribution in [2.75, 3.05) is 14.2 Å². The fraction of sp³-hybridized carbons (Fsp3) is 0.105. The fourth-order valence-corrected chi connectivity index (χ4v) is 2.01. The average molecular weight is 322 g/mol. The molecule has 1 aromatic heterocycles. The molecule has 0 aliphatic rings. The van der Waals surface area contributed by atoms with Gasteiger partial charge in [-0.3, -0.25) is 0 Å². The van der Waals surface area contributed by atoms with Crippen molar-refractivity contribution in [3.8, 4) is 34.6 Å². The third kappa shape index (κ3) is 3.95. The zero-order valence-electron chi connectivity index (χ0n) is 13.4. The van der Waals surface area contributed by atoms with Crippen LogP contribution in [0.5, 0.6) is 34.6 Å². The molecule has 0 fully saturated rings. The van der Waals surface area contributed by atoms with Crippen molar-refractivity contribution in [2.24, 2.45) is 0 Å². The highest BCUT2D eigenvalue weighted by molar-refractivity contribution is 5.38. The number of benzene rings is 2. The number of aromatic nitrogens is 1. The monoisotopic (exact) mass is 322 g/mol. The number of methoxy groups -OCH3 is 2. The topological polar surface area (TPSA) is 49.8 Å². The molecule has 0 saturated carbocycles. The fourth-order valence-electron chi connectivity index (χ4n) is 2.01. The summed E-state index contributed by atoms with van der Waals surface area (Å²) in [6, 6.07) is 17.9. The van der Waals surface area contributed by atoms with Crippen molar-refractivity contribution in [3.63, 3.8) is 0 Å². The first-order valence-electron chi connectivity index (χ1n) is 7.29. The van der Waals surface area contributed by atoms with Crippen LogP contribution >= 0.6 is 0 Å². The van der Waals surface area contributed by atoms with Gasteiger partial charge < -0.3 is 18.9 Å². The van der Waals surface area contributed by atoms with Crippen LogP contribution in [0.25, 0.3) is 0 Å². The van der Waals surface area contributed by atoms with Crippen LogP contribution in [-0.4, -0.2) is 19.2 Å². The van der Waals surface area contributed by atoms with Crippen LogP contribution in [0, 0.1) is 6.20 Å². The highest BCUT2D eigenvalue weighted by Gasteiger charge is 2.04. The SMILES string of the molecule is COc1ccc(Oc2c[c]nc(Oc3ccc(OC)cc3)c2)cc1. The van der Waals surface area contributed by atoms with Crippen LogP contribution in [0.3, 0.4) is 0 Å². The van der Waals surface area contributed by atoms with E-state index in [4.69, 9.17) is 18.9 Å². The van der Waals surface area contributed by atoms with Gasteiger partial charge in [0.1, 0.15) is 28.7 Å².